The molecule has 5 nitrogen and oxygen atoms in total. The molecule has 0 spiro atoms. The minimum atomic E-state index is -0.829. The number of thioether (sulfide) groups is 1. The van der Waals surface area contributed by atoms with Crippen LogP contribution in [-0.4, -0.2) is 31.6 Å². The van der Waals surface area contributed by atoms with Gasteiger partial charge in [-0.3, -0.25) is 9.48 Å². The van der Waals surface area contributed by atoms with Gasteiger partial charge in [-0.1, -0.05) is 11.8 Å². The van der Waals surface area contributed by atoms with Crippen LogP contribution < -0.4 is 0 Å². The summed E-state index contributed by atoms with van der Waals surface area (Å²) in [5.41, 5.74) is 2.77. The van der Waals surface area contributed by atoms with Crippen molar-refractivity contribution in [1.29, 1.82) is 0 Å². The second-order valence-corrected chi connectivity index (χ2v) is 5.56. The second-order valence-electron chi connectivity index (χ2n) is 3.48. The largest absolute Gasteiger partial charge is 0.481 e. The fourth-order valence-electron chi connectivity index (χ4n) is 1.42. The van der Waals surface area contributed by atoms with Crippen LogP contribution in [0.5, 0.6) is 0 Å². The van der Waals surface area contributed by atoms with Gasteiger partial charge >= 0.3 is 5.97 Å². The van der Waals surface area contributed by atoms with Gasteiger partial charge in [-0.2, -0.15) is 5.10 Å². The van der Waals surface area contributed by atoms with Crippen molar-refractivity contribution in [3.8, 4) is 11.3 Å². The molecular formula is C10H11N3O2S2. The Morgan fingerprint density at radius 3 is 3.00 bits per heavy atom. The summed E-state index contributed by atoms with van der Waals surface area (Å²) in [6, 6.07) is 0. The predicted molar refractivity (Wildman–Crippen MR) is 67.4 cm³/mol. The first-order valence-corrected chi connectivity index (χ1v) is 6.73. The highest BCUT2D eigenvalue weighted by molar-refractivity contribution is 8.01. The van der Waals surface area contributed by atoms with Crippen LogP contribution in [0, 0.1) is 6.92 Å². The molecule has 0 bridgehead atoms. The van der Waals surface area contributed by atoms with Crippen LogP contribution in [0.1, 0.15) is 5.69 Å². The molecule has 0 fully saturated rings. The molecule has 0 atom stereocenters. The first-order chi connectivity index (χ1) is 8.06. The quantitative estimate of drug-likeness (QED) is 0.860. The molecule has 0 aliphatic rings. The normalized spacial score (nSPS) is 10.7. The highest BCUT2D eigenvalue weighted by Gasteiger charge is 2.11. The van der Waals surface area contributed by atoms with E-state index in [1.54, 1.807) is 4.68 Å². The predicted octanol–water partition coefficient (Wildman–Crippen LogP) is 2.03. The molecule has 2 aromatic rings. The smallest absolute Gasteiger partial charge is 0.313 e. The standard InChI is InChI=1S/C10H11N3O2S2/c1-6-7(3-13(2)12-6)8-4-16-10(11-8)17-5-9(14)15/h3-4H,5H2,1-2H3,(H,14,15). The first kappa shape index (κ1) is 12.1. The van der Waals surface area contributed by atoms with E-state index in [0.29, 0.717) is 0 Å². The molecule has 0 aromatic carbocycles. The molecule has 0 unspecified atom stereocenters. The highest BCUT2D eigenvalue weighted by Crippen LogP contribution is 2.29. The SMILES string of the molecule is Cc1nn(C)cc1-c1csc(SCC(=O)O)n1. The van der Waals surface area contributed by atoms with Crippen molar-refractivity contribution in [2.75, 3.05) is 5.75 Å². The highest BCUT2D eigenvalue weighted by atomic mass is 32.2. The van der Waals surface area contributed by atoms with Crippen LogP contribution >= 0.6 is 23.1 Å². The van der Waals surface area contributed by atoms with E-state index in [-0.39, 0.29) is 5.75 Å². The maximum absolute atomic E-state index is 10.4. The van der Waals surface area contributed by atoms with Crippen LogP contribution in [-0.2, 0) is 11.8 Å². The molecule has 2 rings (SSSR count). The van der Waals surface area contributed by atoms with E-state index >= 15 is 0 Å². The molecule has 0 saturated carbocycles. The van der Waals surface area contributed by atoms with Crippen LogP contribution in [0.3, 0.4) is 0 Å². The molecule has 0 radical (unpaired) electrons. The van der Waals surface area contributed by atoms with Crippen molar-refractivity contribution in [3.05, 3.63) is 17.3 Å². The summed E-state index contributed by atoms with van der Waals surface area (Å²) in [4.78, 5) is 14.8. The van der Waals surface area contributed by atoms with Crippen molar-refractivity contribution < 1.29 is 9.90 Å². The Bertz CT molecular complexity index is 547. The second kappa shape index (κ2) is 4.89. The third kappa shape index (κ3) is 2.86. The minimum absolute atomic E-state index is 0.0406. The van der Waals surface area contributed by atoms with Gasteiger partial charge in [0.25, 0.3) is 0 Å². The van der Waals surface area contributed by atoms with Crippen molar-refractivity contribution in [3.63, 3.8) is 0 Å². The number of hydrogen-bond donors (Lipinski definition) is 1. The van der Waals surface area contributed by atoms with E-state index in [0.717, 1.165) is 21.3 Å². The number of aromatic nitrogens is 3. The molecule has 7 heteroatoms. The number of hydrogen-bond acceptors (Lipinski definition) is 5. The number of rotatable bonds is 4. The molecule has 0 amide bonds. The number of thiazole rings is 1. The Balaban J connectivity index is 2.18. The molecule has 0 aliphatic carbocycles. The number of carbonyl (C=O) groups is 1. The summed E-state index contributed by atoms with van der Waals surface area (Å²) >= 11 is 2.69. The third-order valence-electron chi connectivity index (χ3n) is 2.09. The van der Waals surface area contributed by atoms with Gasteiger partial charge in [-0.05, 0) is 6.92 Å². The number of carboxylic acids is 1. The monoisotopic (exact) mass is 269 g/mol. The first-order valence-electron chi connectivity index (χ1n) is 4.87. The van der Waals surface area contributed by atoms with Gasteiger partial charge in [0.05, 0.1) is 17.1 Å². The van der Waals surface area contributed by atoms with Gasteiger partial charge in [-0.15, -0.1) is 11.3 Å². The Labute approximate surface area is 106 Å². The van der Waals surface area contributed by atoms with Gasteiger partial charge in [0.1, 0.15) is 0 Å². The molecule has 0 aliphatic heterocycles. The summed E-state index contributed by atoms with van der Waals surface area (Å²) in [5.74, 6) is -0.789. The molecule has 2 heterocycles. The molecule has 17 heavy (non-hydrogen) atoms. The maximum atomic E-state index is 10.4. The van der Waals surface area contributed by atoms with Crippen molar-refractivity contribution >= 4 is 29.1 Å². The Hall–Kier alpha value is -1.34. The van der Waals surface area contributed by atoms with E-state index in [1.807, 2.05) is 25.5 Å². The van der Waals surface area contributed by atoms with Gasteiger partial charge in [0.15, 0.2) is 4.34 Å². The van der Waals surface area contributed by atoms with Crippen LogP contribution in [0.4, 0.5) is 0 Å². The van der Waals surface area contributed by atoms with E-state index in [1.165, 1.54) is 23.1 Å². The summed E-state index contributed by atoms with van der Waals surface area (Å²) in [6.07, 6.45) is 1.91. The lowest BCUT2D eigenvalue weighted by Gasteiger charge is -1.92. The average Bonchev–Trinajstić information content (AvgIpc) is 2.82. The molecule has 0 saturated heterocycles. The average molecular weight is 269 g/mol. The zero-order valence-electron chi connectivity index (χ0n) is 9.38. The summed E-state index contributed by atoms with van der Waals surface area (Å²) < 4.78 is 2.51. The van der Waals surface area contributed by atoms with Crippen molar-refractivity contribution in [1.82, 2.24) is 14.8 Å². The van der Waals surface area contributed by atoms with E-state index < -0.39 is 5.97 Å². The van der Waals surface area contributed by atoms with Crippen LogP contribution in [0.25, 0.3) is 11.3 Å². The zero-order chi connectivity index (χ0) is 12.4. The lowest BCUT2D eigenvalue weighted by atomic mass is 10.2. The fourth-order valence-corrected chi connectivity index (χ4v) is 2.97. The van der Waals surface area contributed by atoms with Gasteiger partial charge in [-0.25, -0.2) is 4.98 Å². The lowest BCUT2D eigenvalue weighted by Crippen LogP contribution is -1.96. The maximum Gasteiger partial charge on any atom is 0.313 e. The Morgan fingerprint density at radius 2 is 2.41 bits per heavy atom. The van der Waals surface area contributed by atoms with Crippen LogP contribution in [0.2, 0.25) is 0 Å². The summed E-state index contributed by atoms with van der Waals surface area (Å²) in [6.45, 7) is 1.93. The fraction of sp³-hybridized carbons (Fsp3) is 0.300. The molecule has 2 aromatic heterocycles. The number of aliphatic carboxylic acids is 1. The number of aryl methyl sites for hydroxylation is 2. The van der Waals surface area contributed by atoms with E-state index in [4.69, 9.17) is 5.11 Å². The van der Waals surface area contributed by atoms with E-state index in [2.05, 4.69) is 10.1 Å². The van der Waals surface area contributed by atoms with Gasteiger partial charge in [0.2, 0.25) is 0 Å². The van der Waals surface area contributed by atoms with E-state index in [9.17, 15) is 4.79 Å². The van der Waals surface area contributed by atoms with Gasteiger partial charge < -0.3 is 5.11 Å². The number of nitrogens with zero attached hydrogens (tertiary/aromatic N) is 3. The van der Waals surface area contributed by atoms with Crippen molar-refractivity contribution in [2.24, 2.45) is 7.05 Å². The Kier molecular flexibility index (Phi) is 3.49. The summed E-state index contributed by atoms with van der Waals surface area (Å²) in [5, 5.41) is 14.8. The Morgan fingerprint density at radius 1 is 1.65 bits per heavy atom. The topological polar surface area (TPSA) is 68.0 Å². The van der Waals surface area contributed by atoms with Gasteiger partial charge in [0, 0.05) is 24.2 Å². The zero-order valence-corrected chi connectivity index (χ0v) is 11.0. The summed E-state index contributed by atoms with van der Waals surface area (Å²) in [7, 11) is 1.86. The van der Waals surface area contributed by atoms with Crippen LogP contribution in [0.15, 0.2) is 15.9 Å². The molecular weight excluding hydrogens is 258 g/mol. The van der Waals surface area contributed by atoms with Crippen molar-refractivity contribution in [2.45, 2.75) is 11.3 Å². The lowest BCUT2D eigenvalue weighted by molar-refractivity contribution is -0.133. The minimum Gasteiger partial charge on any atom is -0.481 e. The number of carboxylic acid groups (broad SMARTS) is 1. The molecule has 90 valence electrons. The third-order valence-corrected chi connectivity index (χ3v) is 4.10. The molecule has 1 N–H and O–H groups in total.